The van der Waals surface area contributed by atoms with Crippen molar-refractivity contribution in [2.24, 2.45) is 5.41 Å². The largest absolute Gasteiger partial charge is 0.396 e. The molecule has 0 saturated heterocycles. The standard InChI is InChI=1S/C15H22N2O2/c1-15(2,10-18)9-17-14(19)12-3-4-13-8-16-6-5-11(13)7-12/h3-4,7,16,18H,5-6,8-10H2,1-2H3,(H,17,19). The zero-order chi connectivity index (χ0) is 13.9. The first-order valence-electron chi connectivity index (χ1n) is 6.73. The van der Waals surface area contributed by atoms with Gasteiger partial charge in [-0.15, -0.1) is 0 Å². The van der Waals surface area contributed by atoms with Crippen molar-refractivity contribution in [1.82, 2.24) is 10.6 Å². The van der Waals surface area contributed by atoms with Crippen molar-refractivity contribution in [3.8, 4) is 0 Å². The predicted octanol–water partition coefficient (Wildman–Crippen LogP) is 1.08. The topological polar surface area (TPSA) is 61.4 Å². The van der Waals surface area contributed by atoms with E-state index in [9.17, 15) is 9.90 Å². The van der Waals surface area contributed by atoms with Crippen molar-refractivity contribution in [2.45, 2.75) is 26.8 Å². The molecule has 1 aromatic carbocycles. The van der Waals surface area contributed by atoms with Gasteiger partial charge in [-0.25, -0.2) is 0 Å². The maximum absolute atomic E-state index is 12.1. The van der Waals surface area contributed by atoms with Gasteiger partial charge in [0.1, 0.15) is 0 Å². The summed E-state index contributed by atoms with van der Waals surface area (Å²) in [5, 5.41) is 15.4. The van der Waals surface area contributed by atoms with Gasteiger partial charge in [-0.3, -0.25) is 4.79 Å². The highest BCUT2D eigenvalue weighted by atomic mass is 16.3. The molecule has 1 aromatic rings. The molecule has 0 radical (unpaired) electrons. The molecule has 19 heavy (non-hydrogen) atoms. The minimum absolute atomic E-state index is 0.0587. The Labute approximate surface area is 114 Å². The predicted molar refractivity (Wildman–Crippen MR) is 75.1 cm³/mol. The molecule has 0 atom stereocenters. The molecule has 0 fully saturated rings. The highest BCUT2D eigenvalue weighted by Crippen LogP contribution is 2.16. The van der Waals surface area contributed by atoms with E-state index in [1.807, 2.05) is 32.0 Å². The number of fused-ring (bicyclic) bond motifs is 1. The van der Waals surface area contributed by atoms with E-state index in [2.05, 4.69) is 10.6 Å². The number of aliphatic hydroxyl groups is 1. The fraction of sp³-hybridized carbons (Fsp3) is 0.533. The van der Waals surface area contributed by atoms with Crippen LogP contribution in [0, 0.1) is 5.41 Å². The van der Waals surface area contributed by atoms with E-state index in [-0.39, 0.29) is 17.9 Å². The Bertz CT molecular complexity index is 469. The summed E-state index contributed by atoms with van der Waals surface area (Å²) in [5.74, 6) is -0.0668. The van der Waals surface area contributed by atoms with Crippen LogP contribution < -0.4 is 10.6 Å². The van der Waals surface area contributed by atoms with Gasteiger partial charge >= 0.3 is 0 Å². The van der Waals surface area contributed by atoms with Crippen LogP contribution in [-0.2, 0) is 13.0 Å². The minimum Gasteiger partial charge on any atom is -0.396 e. The monoisotopic (exact) mass is 262 g/mol. The summed E-state index contributed by atoms with van der Waals surface area (Å²) in [7, 11) is 0. The normalized spacial score (nSPS) is 14.9. The van der Waals surface area contributed by atoms with E-state index < -0.39 is 0 Å². The number of hydrogen-bond acceptors (Lipinski definition) is 3. The smallest absolute Gasteiger partial charge is 0.251 e. The number of hydrogen-bond donors (Lipinski definition) is 3. The second-order valence-electron chi connectivity index (χ2n) is 5.92. The van der Waals surface area contributed by atoms with Gasteiger partial charge in [0.25, 0.3) is 5.91 Å². The Morgan fingerprint density at radius 2 is 2.21 bits per heavy atom. The summed E-state index contributed by atoms with van der Waals surface area (Å²) in [6.07, 6.45) is 0.971. The molecule has 0 aliphatic carbocycles. The van der Waals surface area contributed by atoms with Crippen LogP contribution in [0.3, 0.4) is 0 Å². The lowest BCUT2D eigenvalue weighted by atomic mass is 9.94. The van der Waals surface area contributed by atoms with Crippen molar-refractivity contribution in [3.05, 3.63) is 34.9 Å². The number of aliphatic hydroxyl groups excluding tert-OH is 1. The maximum atomic E-state index is 12.1. The first-order valence-corrected chi connectivity index (χ1v) is 6.73. The number of rotatable bonds is 4. The summed E-state index contributed by atoms with van der Waals surface area (Å²) in [4.78, 5) is 12.1. The zero-order valence-corrected chi connectivity index (χ0v) is 11.6. The summed E-state index contributed by atoms with van der Waals surface area (Å²) in [6.45, 7) is 6.23. The van der Waals surface area contributed by atoms with E-state index in [0.717, 1.165) is 19.5 Å². The van der Waals surface area contributed by atoms with Crippen LogP contribution in [0.5, 0.6) is 0 Å². The van der Waals surface area contributed by atoms with Gasteiger partial charge in [0.05, 0.1) is 0 Å². The van der Waals surface area contributed by atoms with Gasteiger partial charge in [-0.2, -0.15) is 0 Å². The lowest BCUT2D eigenvalue weighted by molar-refractivity contribution is 0.0911. The molecule has 1 aliphatic rings. The summed E-state index contributed by atoms with van der Waals surface area (Å²) in [6, 6.07) is 5.87. The Morgan fingerprint density at radius 1 is 1.42 bits per heavy atom. The number of amides is 1. The van der Waals surface area contributed by atoms with Crippen molar-refractivity contribution in [1.29, 1.82) is 0 Å². The van der Waals surface area contributed by atoms with Crippen molar-refractivity contribution in [3.63, 3.8) is 0 Å². The van der Waals surface area contributed by atoms with Crippen LogP contribution in [0.25, 0.3) is 0 Å². The van der Waals surface area contributed by atoms with E-state index >= 15 is 0 Å². The lowest BCUT2D eigenvalue weighted by Crippen LogP contribution is -2.36. The molecule has 0 aromatic heterocycles. The Morgan fingerprint density at radius 3 is 2.95 bits per heavy atom. The molecule has 2 rings (SSSR count). The second kappa shape index (κ2) is 5.72. The van der Waals surface area contributed by atoms with Crippen LogP contribution in [0.15, 0.2) is 18.2 Å². The van der Waals surface area contributed by atoms with Crippen LogP contribution in [0.4, 0.5) is 0 Å². The molecule has 3 N–H and O–H groups in total. The number of carbonyl (C=O) groups excluding carboxylic acids is 1. The molecule has 0 bridgehead atoms. The molecule has 4 heteroatoms. The summed E-state index contributed by atoms with van der Waals surface area (Å²) < 4.78 is 0. The molecule has 4 nitrogen and oxygen atoms in total. The summed E-state index contributed by atoms with van der Waals surface area (Å²) >= 11 is 0. The van der Waals surface area contributed by atoms with Crippen molar-refractivity contribution in [2.75, 3.05) is 19.7 Å². The third kappa shape index (κ3) is 3.55. The zero-order valence-electron chi connectivity index (χ0n) is 11.6. The van der Waals surface area contributed by atoms with Gasteiger partial charge in [0, 0.05) is 30.7 Å². The highest BCUT2D eigenvalue weighted by molar-refractivity contribution is 5.94. The average molecular weight is 262 g/mol. The first-order chi connectivity index (χ1) is 9.02. The molecule has 1 heterocycles. The quantitative estimate of drug-likeness (QED) is 0.761. The Balaban J connectivity index is 2.03. The molecule has 1 aliphatic heterocycles. The fourth-order valence-corrected chi connectivity index (χ4v) is 2.10. The highest BCUT2D eigenvalue weighted by Gasteiger charge is 2.18. The van der Waals surface area contributed by atoms with Crippen LogP contribution >= 0.6 is 0 Å². The van der Waals surface area contributed by atoms with Crippen LogP contribution in [0.1, 0.15) is 35.3 Å². The third-order valence-electron chi connectivity index (χ3n) is 3.51. The van der Waals surface area contributed by atoms with Gasteiger partial charge in [0.2, 0.25) is 0 Å². The van der Waals surface area contributed by atoms with Crippen LogP contribution in [0.2, 0.25) is 0 Å². The molecule has 0 unspecified atom stereocenters. The molecular weight excluding hydrogens is 240 g/mol. The van der Waals surface area contributed by atoms with E-state index in [1.54, 1.807) is 0 Å². The fourth-order valence-electron chi connectivity index (χ4n) is 2.10. The summed E-state index contributed by atoms with van der Waals surface area (Å²) in [5.41, 5.74) is 2.95. The molecule has 1 amide bonds. The molecular formula is C15H22N2O2. The second-order valence-corrected chi connectivity index (χ2v) is 5.92. The minimum atomic E-state index is -0.284. The Kier molecular flexibility index (Phi) is 4.22. The first kappa shape index (κ1) is 14.0. The van der Waals surface area contributed by atoms with E-state index in [0.29, 0.717) is 12.1 Å². The van der Waals surface area contributed by atoms with Gasteiger partial charge in [-0.1, -0.05) is 19.9 Å². The van der Waals surface area contributed by atoms with Gasteiger partial charge in [-0.05, 0) is 36.2 Å². The van der Waals surface area contributed by atoms with Gasteiger partial charge < -0.3 is 15.7 Å². The number of nitrogens with one attached hydrogen (secondary N) is 2. The maximum Gasteiger partial charge on any atom is 0.251 e. The number of carbonyl (C=O) groups is 1. The van der Waals surface area contributed by atoms with Crippen LogP contribution in [-0.4, -0.2) is 30.7 Å². The Hall–Kier alpha value is -1.39. The lowest BCUT2D eigenvalue weighted by Gasteiger charge is -2.22. The molecule has 0 spiro atoms. The molecule has 0 saturated carbocycles. The van der Waals surface area contributed by atoms with E-state index in [4.69, 9.17) is 0 Å². The van der Waals surface area contributed by atoms with Gasteiger partial charge in [0.15, 0.2) is 0 Å². The molecule has 104 valence electrons. The van der Waals surface area contributed by atoms with Crippen molar-refractivity contribution >= 4 is 5.91 Å². The number of benzene rings is 1. The van der Waals surface area contributed by atoms with E-state index in [1.165, 1.54) is 11.1 Å². The SMILES string of the molecule is CC(C)(CO)CNC(=O)c1ccc2c(c1)CCNC2. The average Bonchev–Trinajstić information content (AvgIpc) is 2.44. The van der Waals surface area contributed by atoms with Crippen molar-refractivity contribution < 1.29 is 9.90 Å². The third-order valence-corrected chi connectivity index (χ3v) is 3.51.